The number of hydrogen-bond donors (Lipinski definition) is 2. The zero-order valence-electron chi connectivity index (χ0n) is 16.2. The average Bonchev–Trinajstić information content (AvgIpc) is 3.55. The first kappa shape index (κ1) is 17.3. The van der Waals surface area contributed by atoms with E-state index in [1.807, 2.05) is 17.3 Å². The molecule has 2 unspecified atom stereocenters. The number of pyridine rings is 1. The van der Waals surface area contributed by atoms with Crippen molar-refractivity contribution in [2.75, 3.05) is 13.1 Å². The second-order valence-corrected chi connectivity index (χ2v) is 8.36. The fourth-order valence-electron chi connectivity index (χ4n) is 4.68. The molecule has 0 amide bonds. The van der Waals surface area contributed by atoms with Crippen LogP contribution in [0.25, 0.3) is 17.3 Å². The molecule has 146 valence electrons. The molecule has 0 spiro atoms. The van der Waals surface area contributed by atoms with Crippen molar-refractivity contribution in [2.45, 2.75) is 32.6 Å². The normalized spacial score (nSPS) is 26.9. The first-order valence-corrected chi connectivity index (χ1v) is 9.90. The summed E-state index contributed by atoms with van der Waals surface area (Å²) in [6.45, 7) is 5.84. The molecule has 0 aromatic carbocycles. The first-order valence-electron chi connectivity index (χ1n) is 9.90. The lowest BCUT2D eigenvalue weighted by Gasteiger charge is -2.18. The maximum absolute atomic E-state index is 8.85. The second kappa shape index (κ2) is 6.36. The lowest BCUT2D eigenvalue weighted by atomic mass is 9.97. The van der Waals surface area contributed by atoms with Gasteiger partial charge < -0.3 is 20.4 Å². The highest BCUT2D eigenvalue weighted by Gasteiger charge is 2.54. The minimum Gasteiger partial charge on any atom is -0.408 e. The number of nitrogens with zero attached hydrogens (tertiary/aromatic N) is 4. The average molecular weight is 379 g/mol. The Morgan fingerprint density at radius 3 is 2.54 bits per heavy atom. The summed E-state index contributed by atoms with van der Waals surface area (Å²) in [5, 5.41) is 16.4. The summed E-state index contributed by atoms with van der Waals surface area (Å²) < 4.78 is 5.80. The van der Waals surface area contributed by atoms with Crippen LogP contribution in [0.15, 0.2) is 28.1 Å². The van der Waals surface area contributed by atoms with Crippen molar-refractivity contribution in [1.29, 1.82) is 0 Å². The van der Waals surface area contributed by atoms with Gasteiger partial charge in [0.2, 0.25) is 5.96 Å². The molecule has 1 aliphatic heterocycles. The quantitative estimate of drug-likeness (QED) is 0.366. The van der Waals surface area contributed by atoms with Gasteiger partial charge in [-0.25, -0.2) is 0 Å². The van der Waals surface area contributed by atoms with E-state index in [1.165, 1.54) is 12.8 Å². The molecule has 0 bridgehead atoms. The van der Waals surface area contributed by atoms with Crippen molar-refractivity contribution in [1.82, 2.24) is 15.0 Å². The zero-order valence-corrected chi connectivity index (χ0v) is 16.2. The number of fused-ring (bicyclic) bond motifs is 1. The van der Waals surface area contributed by atoms with Crippen LogP contribution in [0.1, 0.15) is 41.2 Å². The number of nitrogens with two attached hydrogens (primary N) is 1. The Labute approximate surface area is 163 Å². The highest BCUT2D eigenvalue weighted by atomic mass is 16.5. The number of aryl methyl sites for hydroxylation is 2. The van der Waals surface area contributed by atoms with Crippen LogP contribution in [0.3, 0.4) is 0 Å². The summed E-state index contributed by atoms with van der Waals surface area (Å²) in [4.78, 5) is 6.23. The number of allylic oxidation sites excluding steroid dienone is 1. The number of oxime groups is 1. The second-order valence-electron chi connectivity index (χ2n) is 8.36. The number of aromatic nitrogens is 2. The van der Waals surface area contributed by atoms with E-state index >= 15 is 0 Å². The van der Waals surface area contributed by atoms with Crippen molar-refractivity contribution in [3.05, 3.63) is 40.9 Å². The number of rotatable bonds is 4. The largest absolute Gasteiger partial charge is 0.408 e. The summed E-state index contributed by atoms with van der Waals surface area (Å²) in [6.07, 6.45) is 10.6. The minimum atomic E-state index is 0.218. The monoisotopic (exact) mass is 379 g/mol. The smallest absolute Gasteiger partial charge is 0.233 e. The van der Waals surface area contributed by atoms with E-state index in [0.29, 0.717) is 23.7 Å². The third kappa shape index (κ3) is 2.77. The van der Waals surface area contributed by atoms with Crippen LogP contribution < -0.4 is 5.73 Å². The molecule has 2 aromatic rings. The van der Waals surface area contributed by atoms with Crippen LogP contribution in [-0.4, -0.2) is 39.3 Å². The molecule has 3 heterocycles. The van der Waals surface area contributed by atoms with E-state index < -0.39 is 0 Å². The lowest BCUT2D eigenvalue weighted by Crippen LogP contribution is -2.37. The molecule has 3 fully saturated rings. The van der Waals surface area contributed by atoms with Gasteiger partial charge in [-0.2, -0.15) is 0 Å². The van der Waals surface area contributed by atoms with E-state index in [9.17, 15) is 0 Å². The fourth-order valence-corrected chi connectivity index (χ4v) is 4.68. The van der Waals surface area contributed by atoms with Crippen molar-refractivity contribution in [3.8, 4) is 11.3 Å². The van der Waals surface area contributed by atoms with Gasteiger partial charge in [0.25, 0.3) is 0 Å². The molecular weight excluding hydrogens is 354 g/mol. The third-order valence-corrected chi connectivity index (χ3v) is 6.44. The van der Waals surface area contributed by atoms with Gasteiger partial charge in [-0.1, -0.05) is 22.5 Å². The molecule has 5 rings (SSSR count). The number of likely N-dealkylation sites (tertiary alicyclic amines) is 1. The van der Waals surface area contributed by atoms with Gasteiger partial charge in [-0.3, -0.25) is 4.98 Å². The van der Waals surface area contributed by atoms with Gasteiger partial charge in [-0.15, -0.1) is 0 Å². The summed E-state index contributed by atoms with van der Waals surface area (Å²) in [5.74, 6) is 3.43. The van der Waals surface area contributed by atoms with E-state index in [4.69, 9.17) is 15.5 Å². The molecular formula is C21H25N5O2. The van der Waals surface area contributed by atoms with E-state index in [1.54, 1.807) is 0 Å². The highest BCUT2D eigenvalue weighted by Crippen LogP contribution is 2.53. The summed E-state index contributed by atoms with van der Waals surface area (Å²) >= 11 is 0. The lowest BCUT2D eigenvalue weighted by molar-refractivity contribution is 0.300. The van der Waals surface area contributed by atoms with Crippen LogP contribution in [0.5, 0.6) is 0 Å². The Balaban J connectivity index is 1.42. The van der Waals surface area contributed by atoms with Gasteiger partial charge in [0.15, 0.2) is 0 Å². The molecule has 2 saturated carbocycles. The van der Waals surface area contributed by atoms with E-state index in [-0.39, 0.29) is 5.96 Å². The highest BCUT2D eigenvalue weighted by molar-refractivity contribution is 5.78. The Hall–Kier alpha value is -2.83. The van der Waals surface area contributed by atoms with Crippen LogP contribution in [0.4, 0.5) is 0 Å². The molecule has 3 N–H and O–H groups in total. The topological polar surface area (TPSA) is 101 Å². The molecule has 2 aromatic heterocycles. The van der Waals surface area contributed by atoms with Crippen LogP contribution in [0, 0.1) is 31.6 Å². The predicted octanol–water partition coefficient (Wildman–Crippen LogP) is 3.13. The zero-order chi connectivity index (χ0) is 19.4. The maximum Gasteiger partial charge on any atom is 0.233 e. The standard InChI is InChI=1S/C21H25N5O2/c1-11-7-23-8-12(2)18(11)19-15(20(28-25-19)13-3-4-13)6-5-14-16-9-26(10-17(14)16)21(22)24-27/h5-8,13-14,16-17,27H,3-4,9-10H2,1-2H3,(H2,22,24)/b6-5+. The molecule has 7 nitrogen and oxygen atoms in total. The molecule has 2 atom stereocenters. The molecule has 7 heteroatoms. The minimum absolute atomic E-state index is 0.218. The van der Waals surface area contributed by atoms with Crippen molar-refractivity contribution >= 4 is 12.0 Å². The summed E-state index contributed by atoms with van der Waals surface area (Å²) in [5.41, 5.74) is 11.1. The van der Waals surface area contributed by atoms with E-state index in [0.717, 1.165) is 46.8 Å². The molecule has 0 radical (unpaired) electrons. The SMILES string of the molecule is Cc1cncc(C)c1-c1noc(C2CC2)c1/C=C/C1C2CN(/C(N)=N/O)CC12. The van der Waals surface area contributed by atoms with Crippen LogP contribution in [0.2, 0.25) is 0 Å². The van der Waals surface area contributed by atoms with Gasteiger partial charge in [0, 0.05) is 42.5 Å². The summed E-state index contributed by atoms with van der Waals surface area (Å²) in [6, 6.07) is 0. The van der Waals surface area contributed by atoms with Crippen molar-refractivity contribution < 1.29 is 9.73 Å². The third-order valence-electron chi connectivity index (χ3n) is 6.44. The number of hydrogen-bond acceptors (Lipinski definition) is 5. The molecule has 1 saturated heterocycles. The van der Waals surface area contributed by atoms with Gasteiger partial charge in [0.1, 0.15) is 11.5 Å². The van der Waals surface area contributed by atoms with Crippen LogP contribution >= 0.6 is 0 Å². The Bertz CT molecular complexity index is 943. The van der Waals surface area contributed by atoms with Crippen molar-refractivity contribution in [2.24, 2.45) is 28.6 Å². The molecule has 28 heavy (non-hydrogen) atoms. The Kier molecular flexibility index (Phi) is 3.92. The van der Waals surface area contributed by atoms with Gasteiger partial charge in [-0.05, 0) is 55.6 Å². The number of piperidine rings is 1. The van der Waals surface area contributed by atoms with Gasteiger partial charge in [0.05, 0.1) is 0 Å². The number of guanidine groups is 1. The first-order chi connectivity index (χ1) is 13.6. The van der Waals surface area contributed by atoms with Crippen LogP contribution in [-0.2, 0) is 0 Å². The predicted molar refractivity (Wildman–Crippen MR) is 106 cm³/mol. The summed E-state index contributed by atoms with van der Waals surface area (Å²) in [7, 11) is 0. The molecule has 2 aliphatic carbocycles. The fraction of sp³-hybridized carbons (Fsp3) is 0.476. The Morgan fingerprint density at radius 1 is 1.25 bits per heavy atom. The Morgan fingerprint density at radius 2 is 1.93 bits per heavy atom. The maximum atomic E-state index is 8.85. The van der Waals surface area contributed by atoms with Gasteiger partial charge >= 0.3 is 0 Å². The molecule has 3 aliphatic rings. The van der Waals surface area contributed by atoms with Crippen molar-refractivity contribution in [3.63, 3.8) is 0 Å². The van der Waals surface area contributed by atoms with E-state index in [2.05, 4.69) is 41.3 Å².